The molecule has 0 radical (unpaired) electrons. The fraction of sp³-hybridized carbons (Fsp3) is 0.312. The molecule has 1 aliphatic heterocycles. The smallest absolute Gasteiger partial charge is 0.329 e. The van der Waals surface area contributed by atoms with Crippen molar-refractivity contribution in [2.45, 2.75) is 26.8 Å². The molecule has 5 nitrogen and oxygen atoms in total. The van der Waals surface area contributed by atoms with Crippen LogP contribution in [0.2, 0.25) is 0 Å². The molecule has 1 aliphatic rings. The van der Waals surface area contributed by atoms with Crippen LogP contribution in [0.4, 0.5) is 4.79 Å². The average molecular weight is 319 g/mol. The van der Waals surface area contributed by atoms with Crippen molar-refractivity contribution in [1.82, 2.24) is 4.90 Å². The zero-order valence-corrected chi connectivity index (χ0v) is 13.5. The van der Waals surface area contributed by atoms with E-state index in [-0.39, 0.29) is 6.61 Å². The molecular weight excluding hydrogens is 302 g/mol. The summed E-state index contributed by atoms with van der Waals surface area (Å²) in [5, 5.41) is -0.455. The Kier molecular flexibility index (Phi) is 5.03. The SMILES string of the molecule is CCOC(=O)[C@@H](C)N1C(=O)S/C(=C/c2ccc(C)cc2)C1=O. The molecule has 116 valence electrons. The highest BCUT2D eigenvalue weighted by molar-refractivity contribution is 8.18. The van der Waals surface area contributed by atoms with E-state index in [1.807, 2.05) is 31.2 Å². The predicted molar refractivity (Wildman–Crippen MR) is 85.1 cm³/mol. The Morgan fingerprint density at radius 1 is 1.32 bits per heavy atom. The van der Waals surface area contributed by atoms with E-state index in [2.05, 4.69) is 0 Å². The van der Waals surface area contributed by atoms with Gasteiger partial charge in [-0.1, -0.05) is 29.8 Å². The zero-order valence-electron chi connectivity index (χ0n) is 12.7. The lowest BCUT2D eigenvalue weighted by Crippen LogP contribution is -2.42. The van der Waals surface area contributed by atoms with Crippen molar-refractivity contribution in [3.63, 3.8) is 0 Å². The van der Waals surface area contributed by atoms with Crippen LogP contribution in [0.3, 0.4) is 0 Å². The van der Waals surface area contributed by atoms with E-state index in [1.54, 1.807) is 13.0 Å². The standard InChI is InChI=1S/C16H17NO4S/c1-4-21-15(19)11(3)17-14(18)13(22-16(17)20)9-12-7-5-10(2)6-8-12/h5-9,11H,4H2,1-3H3/b13-9+/t11-/m1/s1. The van der Waals surface area contributed by atoms with Gasteiger partial charge in [-0.15, -0.1) is 0 Å². The van der Waals surface area contributed by atoms with Crippen molar-refractivity contribution in [1.29, 1.82) is 0 Å². The van der Waals surface area contributed by atoms with Crippen LogP contribution in [0.15, 0.2) is 29.2 Å². The first kappa shape index (κ1) is 16.3. The summed E-state index contributed by atoms with van der Waals surface area (Å²) in [5.41, 5.74) is 1.95. The number of thioether (sulfide) groups is 1. The number of aryl methyl sites for hydroxylation is 1. The minimum absolute atomic E-state index is 0.207. The number of benzene rings is 1. The number of amides is 2. The molecule has 22 heavy (non-hydrogen) atoms. The second-order valence-electron chi connectivity index (χ2n) is 4.89. The van der Waals surface area contributed by atoms with Crippen LogP contribution in [-0.4, -0.2) is 34.7 Å². The summed E-state index contributed by atoms with van der Waals surface area (Å²) >= 11 is 0.835. The number of ether oxygens (including phenoxy) is 1. The summed E-state index contributed by atoms with van der Waals surface area (Å²) < 4.78 is 4.87. The first-order valence-corrected chi connectivity index (χ1v) is 7.76. The Morgan fingerprint density at radius 3 is 2.55 bits per heavy atom. The van der Waals surface area contributed by atoms with Crippen LogP contribution in [-0.2, 0) is 14.3 Å². The van der Waals surface area contributed by atoms with Gasteiger partial charge in [-0.3, -0.25) is 14.5 Å². The Bertz CT molecular complexity index is 636. The molecule has 1 aromatic rings. The quantitative estimate of drug-likeness (QED) is 0.630. The molecule has 2 rings (SSSR count). The van der Waals surface area contributed by atoms with Gasteiger partial charge >= 0.3 is 5.97 Å². The molecular formula is C16H17NO4S. The van der Waals surface area contributed by atoms with Crippen molar-refractivity contribution in [3.05, 3.63) is 40.3 Å². The number of carbonyl (C=O) groups is 3. The third-order valence-corrected chi connectivity index (χ3v) is 4.10. The Labute approximate surface area is 133 Å². The lowest BCUT2D eigenvalue weighted by molar-refractivity contribution is -0.150. The summed E-state index contributed by atoms with van der Waals surface area (Å²) in [4.78, 5) is 37.3. The topological polar surface area (TPSA) is 63.7 Å². The van der Waals surface area contributed by atoms with Crippen LogP contribution in [0, 0.1) is 6.92 Å². The summed E-state index contributed by atoms with van der Waals surface area (Å²) in [6, 6.07) is 6.68. The fourth-order valence-corrected chi connectivity index (χ4v) is 2.90. The molecule has 0 N–H and O–H groups in total. The highest BCUT2D eigenvalue weighted by atomic mass is 32.2. The van der Waals surface area contributed by atoms with E-state index in [9.17, 15) is 14.4 Å². The molecule has 6 heteroatoms. The number of nitrogens with zero attached hydrogens (tertiary/aromatic N) is 1. The lowest BCUT2D eigenvalue weighted by atomic mass is 10.1. The highest BCUT2D eigenvalue weighted by Crippen LogP contribution is 2.33. The van der Waals surface area contributed by atoms with Crippen LogP contribution in [0.5, 0.6) is 0 Å². The highest BCUT2D eigenvalue weighted by Gasteiger charge is 2.41. The molecule has 0 aromatic heterocycles. The maximum Gasteiger partial charge on any atom is 0.329 e. The van der Waals surface area contributed by atoms with Crippen molar-refractivity contribution >= 4 is 35.0 Å². The molecule has 2 amide bonds. The summed E-state index contributed by atoms with van der Waals surface area (Å²) in [6.45, 7) is 5.34. The van der Waals surface area contributed by atoms with Crippen molar-refractivity contribution in [2.75, 3.05) is 6.61 Å². The van der Waals surface area contributed by atoms with Gasteiger partial charge in [0.2, 0.25) is 0 Å². The van der Waals surface area contributed by atoms with Gasteiger partial charge < -0.3 is 4.74 Å². The van der Waals surface area contributed by atoms with E-state index in [0.29, 0.717) is 4.91 Å². The molecule has 1 atom stereocenters. The van der Waals surface area contributed by atoms with Crippen molar-refractivity contribution in [3.8, 4) is 0 Å². The molecule has 0 aliphatic carbocycles. The van der Waals surface area contributed by atoms with E-state index < -0.39 is 23.2 Å². The van der Waals surface area contributed by atoms with E-state index in [0.717, 1.165) is 27.8 Å². The number of hydrogen-bond acceptors (Lipinski definition) is 5. The maximum atomic E-state index is 12.3. The zero-order chi connectivity index (χ0) is 16.3. The van der Waals surface area contributed by atoms with Gasteiger partial charge in [0.25, 0.3) is 11.1 Å². The molecule has 1 fully saturated rings. The largest absolute Gasteiger partial charge is 0.464 e. The van der Waals surface area contributed by atoms with E-state index >= 15 is 0 Å². The van der Waals surface area contributed by atoms with Gasteiger partial charge in [-0.2, -0.15) is 0 Å². The molecule has 1 saturated heterocycles. The third-order valence-electron chi connectivity index (χ3n) is 3.21. The Morgan fingerprint density at radius 2 is 1.95 bits per heavy atom. The third kappa shape index (κ3) is 3.39. The van der Waals surface area contributed by atoms with Gasteiger partial charge in [0.15, 0.2) is 0 Å². The normalized spacial score (nSPS) is 18.0. The first-order valence-electron chi connectivity index (χ1n) is 6.94. The molecule has 0 spiro atoms. The molecule has 0 bridgehead atoms. The number of rotatable bonds is 4. The molecule has 0 unspecified atom stereocenters. The minimum Gasteiger partial charge on any atom is -0.464 e. The van der Waals surface area contributed by atoms with Gasteiger partial charge in [0.05, 0.1) is 11.5 Å². The monoisotopic (exact) mass is 319 g/mol. The summed E-state index contributed by atoms with van der Waals surface area (Å²) in [6.07, 6.45) is 1.65. The van der Waals surface area contributed by atoms with E-state index in [1.165, 1.54) is 6.92 Å². The summed E-state index contributed by atoms with van der Waals surface area (Å²) in [7, 11) is 0. The van der Waals surface area contributed by atoms with Crippen molar-refractivity contribution < 1.29 is 19.1 Å². The second kappa shape index (κ2) is 6.79. The minimum atomic E-state index is -0.920. The number of hydrogen-bond donors (Lipinski definition) is 0. The number of carbonyl (C=O) groups excluding carboxylic acids is 3. The fourth-order valence-electron chi connectivity index (χ4n) is 2.00. The van der Waals surface area contributed by atoms with Gasteiger partial charge in [0, 0.05) is 0 Å². The van der Waals surface area contributed by atoms with Crippen LogP contribution < -0.4 is 0 Å². The molecule has 0 saturated carbocycles. The van der Waals surface area contributed by atoms with Crippen LogP contribution in [0.25, 0.3) is 6.08 Å². The Hall–Kier alpha value is -2.08. The van der Waals surface area contributed by atoms with Gasteiger partial charge in [-0.25, -0.2) is 4.79 Å². The van der Waals surface area contributed by atoms with Crippen molar-refractivity contribution in [2.24, 2.45) is 0 Å². The number of esters is 1. The molecule has 1 aromatic carbocycles. The second-order valence-corrected chi connectivity index (χ2v) is 5.88. The Balaban J connectivity index is 2.21. The predicted octanol–water partition coefficient (Wildman–Crippen LogP) is 2.98. The van der Waals surface area contributed by atoms with Crippen LogP contribution in [0.1, 0.15) is 25.0 Å². The van der Waals surface area contributed by atoms with Crippen LogP contribution >= 0.6 is 11.8 Å². The maximum absolute atomic E-state index is 12.3. The van der Waals surface area contributed by atoms with Gasteiger partial charge in [-0.05, 0) is 44.2 Å². The lowest BCUT2D eigenvalue weighted by Gasteiger charge is -2.19. The summed E-state index contributed by atoms with van der Waals surface area (Å²) in [5.74, 6) is -1.04. The number of imide groups is 1. The average Bonchev–Trinajstić information content (AvgIpc) is 2.75. The van der Waals surface area contributed by atoms with E-state index in [4.69, 9.17) is 4.74 Å². The van der Waals surface area contributed by atoms with Gasteiger partial charge in [0.1, 0.15) is 6.04 Å². The first-order chi connectivity index (χ1) is 10.4. The molecule has 1 heterocycles.